The van der Waals surface area contributed by atoms with Crippen LogP contribution in [0.25, 0.3) is 11.6 Å². The van der Waals surface area contributed by atoms with Gasteiger partial charge < -0.3 is 9.47 Å². The number of rotatable bonds is 3. The summed E-state index contributed by atoms with van der Waals surface area (Å²) in [5.74, 6) is -0.768. The summed E-state index contributed by atoms with van der Waals surface area (Å²) in [7, 11) is 0. The summed E-state index contributed by atoms with van der Waals surface area (Å²) in [6.45, 7) is 3.49. The monoisotopic (exact) mass is 531 g/mol. The molecule has 0 N–H and O–H groups in total. The number of fused-ring (bicyclic) bond motifs is 1. The summed E-state index contributed by atoms with van der Waals surface area (Å²) >= 11 is 9.34. The Kier molecular flexibility index (Phi) is 6.62. The lowest BCUT2D eigenvalue weighted by Crippen LogP contribution is -2.38. The fourth-order valence-corrected chi connectivity index (χ4v) is 3.51. The topological polar surface area (TPSA) is 55.8 Å². The van der Waals surface area contributed by atoms with Crippen LogP contribution >= 0.6 is 27.5 Å². The number of halogens is 5. The first-order valence-corrected chi connectivity index (χ1v) is 10.5. The number of hydrogen-bond donors (Lipinski definition) is 0. The standard InChI is InChI=1S/C22H18BrClF3NO4/c1-21(2,3)32-20(30)28-17-10-14(24)5-6-15(17)16(19(28)29)9-12-8-13(23)4-7-18(12)31-11-22(25,26)27/h4-10H,11H2,1-3H3/b16-9-. The minimum atomic E-state index is -4.53. The van der Waals surface area contributed by atoms with Crippen LogP contribution in [-0.4, -0.2) is 30.4 Å². The van der Waals surface area contributed by atoms with Gasteiger partial charge in [-0.2, -0.15) is 13.2 Å². The van der Waals surface area contributed by atoms with E-state index in [1.165, 1.54) is 30.3 Å². The molecule has 5 nitrogen and oxygen atoms in total. The second kappa shape index (κ2) is 8.78. The van der Waals surface area contributed by atoms with Gasteiger partial charge in [0.2, 0.25) is 0 Å². The minimum Gasteiger partial charge on any atom is -0.483 e. The van der Waals surface area contributed by atoms with Crippen LogP contribution in [0.1, 0.15) is 31.9 Å². The third-order valence-electron chi connectivity index (χ3n) is 4.16. The molecule has 1 aliphatic heterocycles. The molecule has 3 rings (SSSR count). The summed E-state index contributed by atoms with van der Waals surface area (Å²) in [5.41, 5.74) is 0.0463. The van der Waals surface area contributed by atoms with E-state index in [9.17, 15) is 22.8 Å². The maximum absolute atomic E-state index is 13.2. The molecular formula is C22H18BrClF3NO4. The van der Waals surface area contributed by atoms with Crippen molar-refractivity contribution in [3.05, 3.63) is 57.0 Å². The number of hydrogen-bond acceptors (Lipinski definition) is 4. The first-order valence-electron chi connectivity index (χ1n) is 9.33. The molecule has 170 valence electrons. The molecule has 0 aliphatic carbocycles. The average Bonchev–Trinajstić information content (AvgIpc) is 2.90. The number of ether oxygens (including phenoxy) is 2. The van der Waals surface area contributed by atoms with E-state index in [1.54, 1.807) is 32.9 Å². The van der Waals surface area contributed by atoms with Crippen LogP contribution in [0.2, 0.25) is 5.02 Å². The Labute approximate surface area is 195 Å². The third-order valence-corrected chi connectivity index (χ3v) is 4.89. The van der Waals surface area contributed by atoms with Crippen molar-refractivity contribution in [3.8, 4) is 5.75 Å². The largest absolute Gasteiger partial charge is 0.483 e. The molecule has 1 heterocycles. The van der Waals surface area contributed by atoms with E-state index in [1.807, 2.05) is 0 Å². The molecule has 2 aromatic carbocycles. The second-order valence-electron chi connectivity index (χ2n) is 7.93. The first kappa shape index (κ1) is 24.1. The molecule has 32 heavy (non-hydrogen) atoms. The van der Waals surface area contributed by atoms with Crippen molar-refractivity contribution in [2.45, 2.75) is 32.5 Å². The Hall–Kier alpha value is -2.52. The highest BCUT2D eigenvalue weighted by atomic mass is 79.9. The van der Waals surface area contributed by atoms with Gasteiger partial charge in [-0.1, -0.05) is 33.6 Å². The number of imide groups is 1. The zero-order chi connectivity index (χ0) is 23.8. The van der Waals surface area contributed by atoms with Gasteiger partial charge in [0, 0.05) is 20.6 Å². The maximum Gasteiger partial charge on any atom is 0.422 e. The molecule has 2 amide bonds. The van der Waals surface area contributed by atoms with Gasteiger partial charge >= 0.3 is 12.3 Å². The van der Waals surface area contributed by atoms with Crippen molar-refractivity contribution < 1.29 is 32.2 Å². The lowest BCUT2D eigenvalue weighted by Gasteiger charge is -2.23. The highest BCUT2D eigenvalue weighted by Crippen LogP contribution is 2.41. The minimum absolute atomic E-state index is 0.0722. The van der Waals surface area contributed by atoms with Crippen LogP contribution in [0, 0.1) is 0 Å². The molecule has 0 radical (unpaired) electrons. The van der Waals surface area contributed by atoms with Crippen molar-refractivity contribution in [1.82, 2.24) is 0 Å². The van der Waals surface area contributed by atoms with Crippen LogP contribution in [0.5, 0.6) is 5.75 Å². The number of carbonyl (C=O) groups excluding carboxylic acids is 2. The van der Waals surface area contributed by atoms with Crippen molar-refractivity contribution in [1.29, 1.82) is 0 Å². The number of anilines is 1. The molecule has 0 spiro atoms. The Bertz CT molecular complexity index is 1110. The lowest BCUT2D eigenvalue weighted by molar-refractivity contribution is -0.153. The number of benzene rings is 2. The van der Waals surface area contributed by atoms with E-state index in [0.29, 0.717) is 15.1 Å². The molecule has 2 aromatic rings. The molecule has 0 saturated carbocycles. The van der Waals surface area contributed by atoms with Crippen LogP contribution in [-0.2, 0) is 9.53 Å². The van der Waals surface area contributed by atoms with E-state index in [2.05, 4.69) is 15.9 Å². The van der Waals surface area contributed by atoms with Gasteiger partial charge in [-0.05, 0) is 57.2 Å². The van der Waals surface area contributed by atoms with E-state index >= 15 is 0 Å². The molecule has 0 fully saturated rings. The van der Waals surface area contributed by atoms with Gasteiger partial charge in [-0.3, -0.25) is 4.79 Å². The van der Waals surface area contributed by atoms with Crippen LogP contribution in [0.3, 0.4) is 0 Å². The molecule has 0 saturated heterocycles. The summed E-state index contributed by atoms with van der Waals surface area (Å²) in [6.07, 6.45) is -4.05. The summed E-state index contributed by atoms with van der Waals surface area (Å²) in [5, 5.41) is 0.294. The molecule has 0 aromatic heterocycles. The van der Waals surface area contributed by atoms with Gasteiger partial charge in [0.05, 0.1) is 11.3 Å². The summed E-state index contributed by atoms with van der Waals surface area (Å²) in [6, 6.07) is 8.93. The van der Waals surface area contributed by atoms with Gasteiger partial charge in [0.25, 0.3) is 5.91 Å². The first-order chi connectivity index (χ1) is 14.7. The number of amides is 2. The van der Waals surface area contributed by atoms with Crippen molar-refractivity contribution in [2.24, 2.45) is 0 Å². The van der Waals surface area contributed by atoms with Gasteiger partial charge in [-0.25, -0.2) is 9.69 Å². The second-order valence-corrected chi connectivity index (χ2v) is 9.28. The molecule has 0 atom stereocenters. The highest BCUT2D eigenvalue weighted by molar-refractivity contribution is 9.10. The molecule has 10 heteroatoms. The van der Waals surface area contributed by atoms with Crippen LogP contribution < -0.4 is 9.64 Å². The molecule has 0 unspecified atom stereocenters. The predicted molar refractivity (Wildman–Crippen MR) is 119 cm³/mol. The van der Waals surface area contributed by atoms with Crippen LogP contribution in [0.4, 0.5) is 23.7 Å². The number of carbonyl (C=O) groups is 2. The van der Waals surface area contributed by atoms with Gasteiger partial charge in [0.1, 0.15) is 11.4 Å². The zero-order valence-electron chi connectivity index (χ0n) is 17.2. The lowest BCUT2D eigenvalue weighted by atomic mass is 10.0. The normalized spacial score (nSPS) is 15.2. The smallest absolute Gasteiger partial charge is 0.422 e. The Balaban J connectivity index is 2.08. The Morgan fingerprint density at radius 2 is 1.84 bits per heavy atom. The number of nitrogens with zero attached hydrogens (tertiary/aromatic N) is 1. The van der Waals surface area contributed by atoms with Crippen LogP contribution in [0.15, 0.2) is 40.9 Å². The SMILES string of the molecule is CC(C)(C)OC(=O)N1C(=O)/C(=C\c2cc(Br)ccc2OCC(F)(F)F)c2ccc(Cl)cc21. The van der Waals surface area contributed by atoms with Gasteiger partial charge in [0.15, 0.2) is 6.61 Å². The summed E-state index contributed by atoms with van der Waals surface area (Å²) in [4.78, 5) is 26.8. The van der Waals surface area contributed by atoms with Crippen molar-refractivity contribution in [3.63, 3.8) is 0 Å². The Morgan fingerprint density at radius 3 is 2.47 bits per heavy atom. The van der Waals surface area contributed by atoms with E-state index in [-0.39, 0.29) is 22.6 Å². The Morgan fingerprint density at radius 1 is 1.16 bits per heavy atom. The van der Waals surface area contributed by atoms with E-state index in [4.69, 9.17) is 21.1 Å². The molecule has 0 bridgehead atoms. The molecular weight excluding hydrogens is 515 g/mol. The summed E-state index contributed by atoms with van der Waals surface area (Å²) < 4.78 is 48.8. The van der Waals surface area contributed by atoms with Crippen molar-refractivity contribution in [2.75, 3.05) is 11.5 Å². The zero-order valence-corrected chi connectivity index (χ0v) is 19.6. The van der Waals surface area contributed by atoms with Gasteiger partial charge in [-0.15, -0.1) is 0 Å². The third kappa shape index (κ3) is 5.63. The van der Waals surface area contributed by atoms with E-state index < -0.39 is 30.4 Å². The number of alkyl halides is 3. The highest BCUT2D eigenvalue weighted by Gasteiger charge is 2.39. The van der Waals surface area contributed by atoms with E-state index in [0.717, 1.165) is 4.90 Å². The quantitative estimate of drug-likeness (QED) is 0.405. The average molecular weight is 533 g/mol. The molecule has 1 aliphatic rings. The fourth-order valence-electron chi connectivity index (χ4n) is 2.97. The van der Waals surface area contributed by atoms with Crippen molar-refractivity contribution >= 4 is 56.9 Å². The maximum atomic E-state index is 13.2. The predicted octanol–water partition coefficient (Wildman–Crippen LogP) is 6.87. The fraction of sp³-hybridized carbons (Fsp3) is 0.273.